The number of halogens is 1. The second-order valence-electron chi connectivity index (χ2n) is 4.51. The first-order valence-electron chi connectivity index (χ1n) is 5.33. The molecule has 0 radical (unpaired) electrons. The fraction of sp³-hybridized carbons (Fsp3) is 0.500. The van der Waals surface area contributed by atoms with E-state index >= 15 is 0 Å². The van der Waals surface area contributed by atoms with Crippen molar-refractivity contribution in [3.8, 4) is 0 Å². The summed E-state index contributed by atoms with van der Waals surface area (Å²) in [7, 11) is 2.16. The number of benzene rings is 1. The van der Waals surface area contributed by atoms with E-state index in [-0.39, 0.29) is 0 Å². The summed E-state index contributed by atoms with van der Waals surface area (Å²) in [5.74, 6) is 0.676. The molecule has 1 N–H and O–H groups in total. The molecule has 3 heteroatoms. The molecule has 0 aliphatic carbocycles. The fourth-order valence-electron chi connectivity index (χ4n) is 2.11. The number of hydrogen-bond donors (Lipinski definition) is 1. The predicted molar refractivity (Wildman–Crippen MR) is 69.8 cm³/mol. The largest absolute Gasteiger partial charge is 0.382 e. The van der Waals surface area contributed by atoms with Crippen molar-refractivity contribution < 1.29 is 0 Å². The van der Waals surface area contributed by atoms with E-state index in [2.05, 4.69) is 59.2 Å². The summed E-state index contributed by atoms with van der Waals surface area (Å²) in [5.41, 5.74) is 3.82. The third-order valence-corrected chi connectivity index (χ3v) is 3.46. The van der Waals surface area contributed by atoms with Gasteiger partial charge in [-0.15, -0.1) is 0 Å². The zero-order chi connectivity index (χ0) is 11.0. The normalized spacial score (nSPS) is 20.5. The Balaban J connectivity index is 2.48. The molecular weight excluding hydrogens is 252 g/mol. The molecule has 1 aromatic carbocycles. The van der Waals surface area contributed by atoms with Gasteiger partial charge >= 0.3 is 0 Å². The van der Waals surface area contributed by atoms with E-state index in [9.17, 15) is 0 Å². The average molecular weight is 269 g/mol. The molecule has 2 rings (SSSR count). The van der Waals surface area contributed by atoms with E-state index in [1.807, 2.05) is 0 Å². The van der Waals surface area contributed by atoms with Gasteiger partial charge in [0.05, 0.1) is 11.4 Å². The van der Waals surface area contributed by atoms with Gasteiger partial charge in [0.2, 0.25) is 0 Å². The van der Waals surface area contributed by atoms with Gasteiger partial charge in [0.1, 0.15) is 0 Å². The molecular formula is C12H17BrN2. The van der Waals surface area contributed by atoms with Crippen LogP contribution in [-0.2, 0) is 0 Å². The molecule has 0 spiro atoms. The Labute approximate surface area is 99.8 Å². The Morgan fingerprint density at radius 1 is 1.47 bits per heavy atom. The number of nitrogens with zero attached hydrogens (tertiary/aromatic N) is 1. The molecule has 15 heavy (non-hydrogen) atoms. The highest BCUT2D eigenvalue weighted by Crippen LogP contribution is 2.36. The lowest BCUT2D eigenvalue weighted by atomic mass is 10.1. The topological polar surface area (TPSA) is 15.3 Å². The molecule has 1 atom stereocenters. The standard InChI is InChI=1S/C12H17BrN2/c1-8-4-10(13)12-11(5-8)15(3)7-9(2)6-14-12/h4-5,9,14H,6-7H2,1-3H3. The Morgan fingerprint density at radius 3 is 2.93 bits per heavy atom. The number of aryl methyl sites for hydroxylation is 1. The van der Waals surface area contributed by atoms with Crippen molar-refractivity contribution in [3.63, 3.8) is 0 Å². The smallest absolute Gasteiger partial charge is 0.0722 e. The van der Waals surface area contributed by atoms with E-state index in [0.717, 1.165) is 13.1 Å². The van der Waals surface area contributed by atoms with E-state index in [4.69, 9.17) is 0 Å². The molecule has 1 aliphatic heterocycles. The second-order valence-corrected chi connectivity index (χ2v) is 5.36. The van der Waals surface area contributed by atoms with Gasteiger partial charge in [-0.2, -0.15) is 0 Å². The molecule has 1 aromatic rings. The molecule has 0 amide bonds. The third kappa shape index (κ3) is 2.12. The van der Waals surface area contributed by atoms with Crippen molar-refractivity contribution in [2.75, 3.05) is 30.4 Å². The van der Waals surface area contributed by atoms with Gasteiger partial charge in [-0.3, -0.25) is 0 Å². The monoisotopic (exact) mass is 268 g/mol. The van der Waals surface area contributed by atoms with Crippen molar-refractivity contribution in [1.29, 1.82) is 0 Å². The highest BCUT2D eigenvalue weighted by atomic mass is 79.9. The summed E-state index contributed by atoms with van der Waals surface area (Å²) in [6.45, 7) is 6.55. The summed E-state index contributed by atoms with van der Waals surface area (Å²) in [5, 5.41) is 3.51. The zero-order valence-corrected chi connectivity index (χ0v) is 11.1. The summed E-state index contributed by atoms with van der Waals surface area (Å²) in [6, 6.07) is 4.40. The molecule has 82 valence electrons. The van der Waals surface area contributed by atoms with Crippen LogP contribution in [-0.4, -0.2) is 20.1 Å². The van der Waals surface area contributed by atoms with Crippen LogP contribution < -0.4 is 10.2 Å². The summed E-state index contributed by atoms with van der Waals surface area (Å²) in [6.07, 6.45) is 0. The lowest BCUT2D eigenvalue weighted by Crippen LogP contribution is -2.24. The number of anilines is 2. The average Bonchev–Trinajstić information content (AvgIpc) is 2.27. The maximum atomic E-state index is 3.63. The van der Waals surface area contributed by atoms with Crippen LogP contribution in [0, 0.1) is 12.8 Å². The molecule has 0 saturated carbocycles. The third-order valence-electron chi connectivity index (χ3n) is 2.84. The van der Waals surface area contributed by atoms with Crippen LogP contribution in [0.2, 0.25) is 0 Å². The highest BCUT2D eigenvalue weighted by molar-refractivity contribution is 9.10. The predicted octanol–water partition coefficient (Wildman–Crippen LogP) is 3.26. The van der Waals surface area contributed by atoms with E-state index in [1.54, 1.807) is 0 Å². The Morgan fingerprint density at radius 2 is 2.20 bits per heavy atom. The molecule has 1 unspecified atom stereocenters. The van der Waals surface area contributed by atoms with Crippen molar-refractivity contribution in [1.82, 2.24) is 0 Å². The van der Waals surface area contributed by atoms with Gasteiger partial charge in [-0.1, -0.05) is 6.92 Å². The minimum Gasteiger partial charge on any atom is -0.382 e. The fourth-order valence-corrected chi connectivity index (χ4v) is 2.81. The van der Waals surface area contributed by atoms with Crippen LogP contribution in [0.5, 0.6) is 0 Å². The van der Waals surface area contributed by atoms with Crippen LogP contribution in [0.3, 0.4) is 0 Å². The molecule has 2 nitrogen and oxygen atoms in total. The first kappa shape index (κ1) is 10.8. The molecule has 0 bridgehead atoms. The van der Waals surface area contributed by atoms with E-state index in [1.165, 1.54) is 21.4 Å². The zero-order valence-electron chi connectivity index (χ0n) is 9.47. The summed E-state index contributed by atoms with van der Waals surface area (Å²) < 4.78 is 1.17. The number of nitrogens with one attached hydrogen (secondary N) is 1. The molecule has 1 heterocycles. The van der Waals surface area contributed by atoms with Crippen LogP contribution in [0.15, 0.2) is 16.6 Å². The first-order valence-corrected chi connectivity index (χ1v) is 6.12. The number of hydrogen-bond acceptors (Lipinski definition) is 2. The molecule has 1 aliphatic rings. The van der Waals surface area contributed by atoms with Gasteiger partial charge < -0.3 is 10.2 Å². The quantitative estimate of drug-likeness (QED) is 0.777. The van der Waals surface area contributed by atoms with Crippen molar-refractivity contribution in [2.24, 2.45) is 5.92 Å². The minimum atomic E-state index is 0.676. The number of rotatable bonds is 0. The Hall–Kier alpha value is -0.700. The minimum absolute atomic E-state index is 0.676. The highest BCUT2D eigenvalue weighted by Gasteiger charge is 2.18. The Kier molecular flexibility index (Phi) is 2.91. The second kappa shape index (κ2) is 4.05. The van der Waals surface area contributed by atoms with Gasteiger partial charge in [0, 0.05) is 24.6 Å². The van der Waals surface area contributed by atoms with Crippen molar-refractivity contribution in [2.45, 2.75) is 13.8 Å². The Bertz CT molecular complexity index is 376. The van der Waals surface area contributed by atoms with E-state index in [0.29, 0.717) is 5.92 Å². The van der Waals surface area contributed by atoms with Crippen LogP contribution in [0.25, 0.3) is 0 Å². The van der Waals surface area contributed by atoms with Crippen LogP contribution >= 0.6 is 15.9 Å². The van der Waals surface area contributed by atoms with Gasteiger partial charge in [0.25, 0.3) is 0 Å². The number of fused-ring (bicyclic) bond motifs is 1. The molecule has 0 saturated heterocycles. The summed E-state index contributed by atoms with van der Waals surface area (Å²) in [4.78, 5) is 2.33. The summed E-state index contributed by atoms with van der Waals surface area (Å²) >= 11 is 3.63. The lowest BCUT2D eigenvalue weighted by Gasteiger charge is -2.21. The SMILES string of the molecule is Cc1cc(Br)c2c(c1)N(C)CC(C)CN2. The lowest BCUT2D eigenvalue weighted by molar-refractivity contribution is 0.618. The van der Waals surface area contributed by atoms with Crippen LogP contribution in [0.4, 0.5) is 11.4 Å². The van der Waals surface area contributed by atoms with Gasteiger partial charge in [0.15, 0.2) is 0 Å². The van der Waals surface area contributed by atoms with Gasteiger partial charge in [-0.05, 0) is 46.5 Å². The van der Waals surface area contributed by atoms with Crippen molar-refractivity contribution in [3.05, 3.63) is 22.2 Å². The first-order chi connectivity index (χ1) is 7.08. The molecule has 0 fully saturated rings. The van der Waals surface area contributed by atoms with Crippen molar-refractivity contribution >= 4 is 27.3 Å². The van der Waals surface area contributed by atoms with Gasteiger partial charge in [-0.25, -0.2) is 0 Å². The van der Waals surface area contributed by atoms with E-state index < -0.39 is 0 Å². The maximum Gasteiger partial charge on any atom is 0.0722 e. The van der Waals surface area contributed by atoms with Crippen LogP contribution in [0.1, 0.15) is 12.5 Å². The molecule has 0 aromatic heterocycles. The maximum absolute atomic E-state index is 3.63.